The number of esters is 1. The molecule has 1 fully saturated rings. The Morgan fingerprint density at radius 2 is 1.78 bits per heavy atom. The molecule has 0 bridgehead atoms. The lowest BCUT2D eigenvalue weighted by Crippen LogP contribution is -2.19. The van der Waals surface area contributed by atoms with Gasteiger partial charge >= 0.3 is 5.97 Å². The maximum Gasteiger partial charge on any atom is 0.314 e. The van der Waals surface area contributed by atoms with Crippen molar-refractivity contribution < 1.29 is 19.0 Å². The number of hydrogen-bond donors (Lipinski definition) is 0. The van der Waals surface area contributed by atoms with Crippen molar-refractivity contribution in [3.63, 3.8) is 0 Å². The Bertz CT molecular complexity index is 731. The molecule has 2 aromatic rings. The number of cyclic esters (lactones) is 1. The first-order valence-electron chi connectivity index (χ1n) is 7.49. The Balaban J connectivity index is 1.77. The van der Waals surface area contributed by atoms with Crippen LogP contribution in [0.2, 0.25) is 0 Å². The van der Waals surface area contributed by atoms with Crippen LogP contribution in [0.3, 0.4) is 0 Å². The van der Waals surface area contributed by atoms with Gasteiger partial charge in [0.05, 0.1) is 5.92 Å². The molecule has 5 heteroatoms. The Hall–Kier alpha value is -1.76. The summed E-state index contributed by atoms with van der Waals surface area (Å²) >= 11 is 2.27. The molecule has 0 amide bonds. The van der Waals surface area contributed by atoms with Gasteiger partial charge < -0.3 is 14.2 Å². The van der Waals surface area contributed by atoms with Crippen LogP contribution in [0, 0.1) is 0 Å². The molecule has 0 radical (unpaired) electrons. The second kappa shape index (κ2) is 6.03. The summed E-state index contributed by atoms with van der Waals surface area (Å²) in [6, 6.07) is 15.7. The van der Waals surface area contributed by atoms with Gasteiger partial charge in [0, 0.05) is 10.3 Å². The van der Waals surface area contributed by atoms with E-state index in [0.717, 1.165) is 27.1 Å². The summed E-state index contributed by atoms with van der Waals surface area (Å²) in [6.45, 7) is 0.247. The van der Waals surface area contributed by atoms with Crippen molar-refractivity contribution in [2.75, 3.05) is 11.2 Å². The molecule has 2 aromatic carbocycles. The molecule has 0 aliphatic carbocycles. The number of carbonyl (C=O) groups excluding carboxylic acids is 1. The van der Waals surface area contributed by atoms with E-state index in [-0.39, 0.29) is 30.7 Å². The fraction of sp³-hybridized carbons (Fsp3) is 0.278. The lowest BCUT2D eigenvalue weighted by molar-refractivity contribution is -0.141. The number of fused-ring (bicyclic) bond motifs is 1. The Kier molecular flexibility index (Phi) is 3.88. The minimum absolute atomic E-state index is 0.0173. The van der Waals surface area contributed by atoms with E-state index in [0.29, 0.717) is 0 Å². The van der Waals surface area contributed by atoms with E-state index in [2.05, 4.69) is 22.6 Å². The second-order valence-electron chi connectivity index (χ2n) is 5.66. The lowest BCUT2D eigenvalue weighted by Gasteiger charge is -2.20. The van der Waals surface area contributed by atoms with Gasteiger partial charge in [-0.15, -0.1) is 0 Å². The molecule has 3 atom stereocenters. The highest BCUT2D eigenvalue weighted by molar-refractivity contribution is 14.1. The van der Waals surface area contributed by atoms with Gasteiger partial charge in [0.15, 0.2) is 11.5 Å². The van der Waals surface area contributed by atoms with Crippen LogP contribution in [-0.4, -0.2) is 23.3 Å². The molecule has 23 heavy (non-hydrogen) atoms. The zero-order valence-corrected chi connectivity index (χ0v) is 14.4. The first-order chi connectivity index (χ1) is 11.3. The molecule has 4 nitrogen and oxygen atoms in total. The van der Waals surface area contributed by atoms with Gasteiger partial charge in [-0.3, -0.25) is 4.79 Å². The van der Waals surface area contributed by atoms with Crippen LogP contribution in [0.25, 0.3) is 0 Å². The molecule has 0 spiro atoms. The van der Waals surface area contributed by atoms with E-state index in [1.165, 1.54) is 0 Å². The zero-order valence-electron chi connectivity index (χ0n) is 12.3. The number of ether oxygens (including phenoxy) is 3. The maximum atomic E-state index is 12.5. The fourth-order valence-electron chi connectivity index (χ4n) is 3.32. The number of alkyl halides is 1. The number of benzene rings is 2. The van der Waals surface area contributed by atoms with Crippen LogP contribution in [0.15, 0.2) is 48.5 Å². The predicted octanol–water partition coefficient (Wildman–Crippen LogP) is 3.64. The van der Waals surface area contributed by atoms with Crippen molar-refractivity contribution in [1.82, 2.24) is 0 Å². The van der Waals surface area contributed by atoms with Gasteiger partial charge in [0.25, 0.3) is 0 Å². The summed E-state index contributed by atoms with van der Waals surface area (Å²) < 4.78 is 17.3. The van der Waals surface area contributed by atoms with Crippen LogP contribution >= 0.6 is 22.6 Å². The van der Waals surface area contributed by atoms with Crippen molar-refractivity contribution in [2.24, 2.45) is 0 Å². The van der Waals surface area contributed by atoms with Crippen LogP contribution in [0.5, 0.6) is 11.5 Å². The molecule has 0 saturated carbocycles. The monoisotopic (exact) mass is 422 g/mol. The average molecular weight is 422 g/mol. The molecule has 4 rings (SSSR count). The van der Waals surface area contributed by atoms with Gasteiger partial charge in [-0.25, -0.2) is 0 Å². The van der Waals surface area contributed by atoms with Crippen molar-refractivity contribution in [3.8, 4) is 11.5 Å². The number of hydrogen-bond acceptors (Lipinski definition) is 4. The fourth-order valence-corrected chi connectivity index (χ4v) is 4.04. The van der Waals surface area contributed by atoms with Crippen LogP contribution in [0.4, 0.5) is 0 Å². The Labute approximate surface area is 147 Å². The molecule has 0 N–H and O–H groups in total. The summed E-state index contributed by atoms with van der Waals surface area (Å²) in [6.07, 6.45) is -0.131. The van der Waals surface area contributed by atoms with Gasteiger partial charge in [-0.1, -0.05) is 59.0 Å². The van der Waals surface area contributed by atoms with Crippen molar-refractivity contribution in [1.29, 1.82) is 0 Å². The number of halogens is 1. The topological polar surface area (TPSA) is 44.8 Å². The molecule has 118 valence electrons. The Morgan fingerprint density at radius 3 is 2.57 bits per heavy atom. The van der Waals surface area contributed by atoms with Crippen molar-refractivity contribution in [3.05, 3.63) is 59.7 Å². The van der Waals surface area contributed by atoms with E-state index >= 15 is 0 Å². The molecule has 0 unspecified atom stereocenters. The van der Waals surface area contributed by atoms with Gasteiger partial charge in [0.2, 0.25) is 6.79 Å². The molecule has 2 aliphatic heterocycles. The third-order valence-corrected chi connectivity index (χ3v) is 5.24. The van der Waals surface area contributed by atoms with E-state index in [1.54, 1.807) is 0 Å². The van der Waals surface area contributed by atoms with Crippen LogP contribution < -0.4 is 9.47 Å². The third kappa shape index (κ3) is 2.56. The lowest BCUT2D eigenvalue weighted by atomic mass is 9.80. The first kappa shape index (κ1) is 14.8. The van der Waals surface area contributed by atoms with Gasteiger partial charge in [0.1, 0.15) is 6.10 Å². The minimum atomic E-state index is -0.281. The van der Waals surface area contributed by atoms with E-state index in [9.17, 15) is 4.79 Å². The van der Waals surface area contributed by atoms with E-state index in [4.69, 9.17) is 14.2 Å². The number of rotatable bonds is 3. The summed E-state index contributed by atoms with van der Waals surface area (Å²) in [4.78, 5) is 12.5. The van der Waals surface area contributed by atoms with Gasteiger partial charge in [-0.2, -0.15) is 0 Å². The summed E-state index contributed by atoms with van der Waals surface area (Å²) in [5.41, 5.74) is 2.04. The quantitative estimate of drug-likeness (QED) is 0.431. The highest BCUT2D eigenvalue weighted by Crippen LogP contribution is 2.46. The van der Waals surface area contributed by atoms with Crippen LogP contribution in [-0.2, 0) is 9.53 Å². The maximum absolute atomic E-state index is 12.5. The molecule has 2 aliphatic rings. The smallest absolute Gasteiger partial charge is 0.314 e. The molecule has 2 heterocycles. The standard InChI is InChI=1S/C18H15IO4/c19-9-15-16(12-6-7-13-14(8-12)22-10-21-13)17(18(20)23-15)11-4-2-1-3-5-11/h1-8,15-17H,9-10H2/t15-,16+,17-/m0/s1. The molecule has 0 aromatic heterocycles. The van der Waals surface area contributed by atoms with Gasteiger partial charge in [-0.05, 0) is 23.3 Å². The normalized spacial score (nSPS) is 25.4. The average Bonchev–Trinajstić information content (AvgIpc) is 3.18. The van der Waals surface area contributed by atoms with Crippen molar-refractivity contribution in [2.45, 2.75) is 17.9 Å². The molecular weight excluding hydrogens is 407 g/mol. The molecular formula is C18H15IO4. The second-order valence-corrected chi connectivity index (χ2v) is 6.54. The zero-order chi connectivity index (χ0) is 15.8. The van der Waals surface area contributed by atoms with E-state index in [1.807, 2.05) is 48.5 Å². The summed E-state index contributed by atoms with van der Waals surface area (Å²) in [5, 5.41) is 0. The molecule has 1 saturated heterocycles. The van der Waals surface area contributed by atoms with E-state index < -0.39 is 0 Å². The SMILES string of the molecule is O=C1O[C@@H](CI)[C@@H](c2ccc3c(c2)OCO3)[C@@H]1c1ccccc1. The highest BCUT2D eigenvalue weighted by Gasteiger charge is 2.46. The summed E-state index contributed by atoms with van der Waals surface area (Å²) in [7, 11) is 0. The first-order valence-corrected chi connectivity index (χ1v) is 9.01. The van der Waals surface area contributed by atoms with Crippen LogP contribution in [0.1, 0.15) is 23.0 Å². The Morgan fingerprint density at radius 1 is 1.00 bits per heavy atom. The minimum Gasteiger partial charge on any atom is -0.460 e. The van der Waals surface area contributed by atoms with Crippen molar-refractivity contribution >= 4 is 28.6 Å². The number of carbonyl (C=O) groups is 1. The highest BCUT2D eigenvalue weighted by atomic mass is 127. The predicted molar refractivity (Wildman–Crippen MR) is 93.3 cm³/mol. The summed E-state index contributed by atoms with van der Waals surface area (Å²) in [5.74, 6) is 1.04. The largest absolute Gasteiger partial charge is 0.460 e. The third-order valence-electron chi connectivity index (χ3n) is 4.37.